The topological polar surface area (TPSA) is 90.1 Å². The van der Waals surface area contributed by atoms with Gasteiger partial charge in [-0.25, -0.2) is 9.78 Å². The molecule has 3 rings (SSSR count). The minimum Gasteiger partial charge on any atom is -0.373 e. The van der Waals surface area contributed by atoms with Gasteiger partial charge in [0, 0.05) is 18.8 Å². The van der Waals surface area contributed by atoms with Gasteiger partial charge in [-0.2, -0.15) is 10.2 Å². The molecule has 1 saturated heterocycles. The van der Waals surface area contributed by atoms with Crippen molar-refractivity contribution in [3.63, 3.8) is 0 Å². The van der Waals surface area contributed by atoms with E-state index < -0.39 is 0 Å². The Balaban J connectivity index is 1.49. The lowest BCUT2D eigenvalue weighted by Gasteiger charge is -2.33. The number of hydrogen-bond donors (Lipinski definition) is 1. The predicted molar refractivity (Wildman–Crippen MR) is 86.3 cm³/mol. The highest BCUT2D eigenvalue weighted by atomic mass is 16.5. The molecule has 0 radical (unpaired) electrons. The van der Waals surface area contributed by atoms with Crippen LogP contribution < -0.4 is 5.32 Å². The van der Waals surface area contributed by atoms with E-state index in [9.17, 15) is 4.79 Å². The molecule has 1 N–H and O–H groups in total. The van der Waals surface area contributed by atoms with Crippen molar-refractivity contribution >= 4 is 6.03 Å². The molecule has 0 aromatic carbocycles. The third kappa shape index (κ3) is 4.31. The van der Waals surface area contributed by atoms with Gasteiger partial charge in [0.1, 0.15) is 12.7 Å². The van der Waals surface area contributed by atoms with Gasteiger partial charge in [-0.05, 0) is 19.4 Å². The number of ether oxygens (including phenoxy) is 1. The highest BCUT2D eigenvalue weighted by Gasteiger charge is 2.25. The summed E-state index contributed by atoms with van der Waals surface area (Å²) < 4.78 is 9.31. The fraction of sp³-hybridized carbons (Fsp3) is 0.600. The highest BCUT2D eigenvalue weighted by molar-refractivity contribution is 5.74. The number of carbonyl (C=O) groups is 1. The van der Waals surface area contributed by atoms with E-state index in [0.29, 0.717) is 32.8 Å². The van der Waals surface area contributed by atoms with Crippen molar-refractivity contribution in [3.8, 4) is 0 Å². The molecular formula is C15H23N7O2. The standard InChI is InChI=1S/C15H23N7O2/c1-12-5-17-21(6-12)9-14-8-20(3-4-24-14)15(23)19-13(2)7-22-11-16-10-18-22/h5-6,10-11,13-14H,3-4,7-9H2,1-2H3,(H,19,23). The molecule has 0 aliphatic carbocycles. The predicted octanol–water partition coefficient (Wildman–Crippen LogP) is 0.282. The van der Waals surface area contributed by atoms with Crippen molar-refractivity contribution in [2.75, 3.05) is 19.7 Å². The third-order valence-corrected chi connectivity index (χ3v) is 3.88. The Kier molecular flexibility index (Phi) is 5.09. The average Bonchev–Trinajstić information content (AvgIpc) is 3.19. The third-order valence-electron chi connectivity index (χ3n) is 3.88. The number of morpholine rings is 1. The number of urea groups is 1. The first-order chi connectivity index (χ1) is 11.6. The summed E-state index contributed by atoms with van der Waals surface area (Å²) in [5.74, 6) is 0. The lowest BCUT2D eigenvalue weighted by molar-refractivity contribution is -0.0240. The lowest BCUT2D eigenvalue weighted by Crippen LogP contribution is -2.52. The number of aromatic nitrogens is 5. The van der Waals surface area contributed by atoms with Crippen LogP contribution in [-0.2, 0) is 17.8 Å². The molecule has 9 nitrogen and oxygen atoms in total. The van der Waals surface area contributed by atoms with E-state index in [1.807, 2.05) is 30.9 Å². The van der Waals surface area contributed by atoms with Gasteiger partial charge in [-0.15, -0.1) is 0 Å². The molecule has 2 unspecified atom stereocenters. The van der Waals surface area contributed by atoms with Crippen molar-refractivity contribution in [2.45, 2.75) is 39.1 Å². The van der Waals surface area contributed by atoms with Gasteiger partial charge in [0.25, 0.3) is 0 Å². The van der Waals surface area contributed by atoms with Gasteiger partial charge in [0.05, 0.1) is 38.5 Å². The Morgan fingerprint density at radius 3 is 3.04 bits per heavy atom. The van der Waals surface area contributed by atoms with Gasteiger partial charge in [-0.3, -0.25) is 9.36 Å². The van der Waals surface area contributed by atoms with E-state index in [4.69, 9.17) is 4.74 Å². The Bertz CT molecular complexity index is 655. The largest absolute Gasteiger partial charge is 0.373 e. The normalized spacial score (nSPS) is 19.2. The average molecular weight is 333 g/mol. The number of aryl methyl sites for hydroxylation is 1. The summed E-state index contributed by atoms with van der Waals surface area (Å²) in [4.78, 5) is 18.1. The Morgan fingerprint density at radius 1 is 1.46 bits per heavy atom. The smallest absolute Gasteiger partial charge is 0.317 e. The second-order valence-corrected chi connectivity index (χ2v) is 6.15. The van der Waals surface area contributed by atoms with Crippen LogP contribution in [0, 0.1) is 6.92 Å². The summed E-state index contributed by atoms with van der Waals surface area (Å²) in [6, 6.07) is -0.109. The summed E-state index contributed by atoms with van der Waals surface area (Å²) in [7, 11) is 0. The SMILES string of the molecule is Cc1cnn(CC2CN(C(=O)NC(C)Cn3cncn3)CCO2)c1. The fourth-order valence-electron chi connectivity index (χ4n) is 2.75. The summed E-state index contributed by atoms with van der Waals surface area (Å²) in [6.45, 7) is 6.87. The maximum Gasteiger partial charge on any atom is 0.317 e. The molecule has 0 spiro atoms. The lowest BCUT2D eigenvalue weighted by atomic mass is 10.2. The van der Waals surface area contributed by atoms with Crippen LogP contribution in [0.5, 0.6) is 0 Å². The van der Waals surface area contributed by atoms with Crippen LogP contribution in [0.25, 0.3) is 0 Å². The van der Waals surface area contributed by atoms with Gasteiger partial charge >= 0.3 is 6.03 Å². The van der Waals surface area contributed by atoms with Gasteiger partial charge in [0.15, 0.2) is 0 Å². The van der Waals surface area contributed by atoms with Crippen LogP contribution >= 0.6 is 0 Å². The number of nitrogens with zero attached hydrogens (tertiary/aromatic N) is 6. The van der Waals surface area contributed by atoms with Gasteiger partial charge in [0.2, 0.25) is 0 Å². The first-order valence-corrected chi connectivity index (χ1v) is 8.08. The summed E-state index contributed by atoms with van der Waals surface area (Å²) in [6.07, 6.45) is 6.87. The number of nitrogens with one attached hydrogen (secondary N) is 1. The second-order valence-electron chi connectivity index (χ2n) is 6.15. The van der Waals surface area contributed by atoms with E-state index in [-0.39, 0.29) is 18.2 Å². The maximum atomic E-state index is 12.4. The molecule has 3 heterocycles. The zero-order valence-electron chi connectivity index (χ0n) is 14.0. The molecule has 0 saturated carbocycles. The summed E-state index contributed by atoms with van der Waals surface area (Å²) >= 11 is 0. The number of hydrogen-bond acceptors (Lipinski definition) is 5. The molecule has 2 aromatic rings. The maximum absolute atomic E-state index is 12.4. The zero-order chi connectivity index (χ0) is 16.9. The molecule has 2 atom stereocenters. The van der Waals surface area contributed by atoms with Crippen LogP contribution in [-0.4, -0.2) is 67.3 Å². The van der Waals surface area contributed by atoms with E-state index in [0.717, 1.165) is 5.56 Å². The minimum absolute atomic E-state index is 0.0331. The van der Waals surface area contributed by atoms with Crippen molar-refractivity contribution in [1.82, 2.24) is 34.8 Å². The highest BCUT2D eigenvalue weighted by Crippen LogP contribution is 2.08. The van der Waals surface area contributed by atoms with Crippen LogP contribution in [0.3, 0.4) is 0 Å². The minimum atomic E-state index is -0.0763. The molecule has 9 heteroatoms. The van der Waals surface area contributed by atoms with Crippen molar-refractivity contribution < 1.29 is 9.53 Å². The van der Waals surface area contributed by atoms with Crippen LogP contribution in [0.2, 0.25) is 0 Å². The summed E-state index contributed by atoms with van der Waals surface area (Å²) in [5.41, 5.74) is 1.11. The molecule has 2 aromatic heterocycles. The Labute approximate surface area is 140 Å². The quantitative estimate of drug-likeness (QED) is 0.849. The number of rotatable bonds is 5. The van der Waals surface area contributed by atoms with Gasteiger partial charge in [-0.1, -0.05) is 0 Å². The monoisotopic (exact) mass is 333 g/mol. The zero-order valence-corrected chi connectivity index (χ0v) is 14.0. The van der Waals surface area contributed by atoms with E-state index in [1.165, 1.54) is 6.33 Å². The molecule has 2 amide bonds. The van der Waals surface area contributed by atoms with Crippen LogP contribution in [0.1, 0.15) is 12.5 Å². The number of carbonyl (C=O) groups excluding carboxylic acids is 1. The Hall–Kier alpha value is -2.42. The Morgan fingerprint density at radius 2 is 2.33 bits per heavy atom. The van der Waals surface area contributed by atoms with Crippen molar-refractivity contribution in [2.24, 2.45) is 0 Å². The molecule has 24 heavy (non-hydrogen) atoms. The van der Waals surface area contributed by atoms with Crippen molar-refractivity contribution in [3.05, 3.63) is 30.6 Å². The molecule has 0 bridgehead atoms. The van der Waals surface area contributed by atoms with Crippen LogP contribution in [0.15, 0.2) is 25.0 Å². The fourth-order valence-corrected chi connectivity index (χ4v) is 2.75. The van der Waals surface area contributed by atoms with Crippen molar-refractivity contribution in [1.29, 1.82) is 0 Å². The first-order valence-electron chi connectivity index (χ1n) is 8.08. The summed E-state index contributed by atoms with van der Waals surface area (Å²) in [5, 5.41) is 11.3. The second kappa shape index (κ2) is 7.43. The van der Waals surface area contributed by atoms with E-state index in [1.54, 1.807) is 15.9 Å². The van der Waals surface area contributed by atoms with E-state index in [2.05, 4.69) is 20.5 Å². The van der Waals surface area contributed by atoms with Crippen LogP contribution in [0.4, 0.5) is 4.79 Å². The van der Waals surface area contributed by atoms with E-state index >= 15 is 0 Å². The molecular weight excluding hydrogens is 310 g/mol. The molecule has 1 aliphatic heterocycles. The van der Waals surface area contributed by atoms with Gasteiger partial charge < -0.3 is 15.0 Å². The molecule has 1 aliphatic rings. The number of amides is 2. The molecule has 130 valence electrons. The molecule has 1 fully saturated rings. The first kappa shape index (κ1) is 16.4.